The zero-order chi connectivity index (χ0) is 16.8. The summed E-state index contributed by atoms with van der Waals surface area (Å²) in [5, 5.41) is 10.5. The van der Waals surface area contributed by atoms with Gasteiger partial charge in [0.1, 0.15) is 17.2 Å². The fourth-order valence-electron chi connectivity index (χ4n) is 2.09. The Bertz CT molecular complexity index is 798. The van der Waals surface area contributed by atoms with Crippen molar-refractivity contribution in [1.82, 2.24) is 10.3 Å². The lowest BCUT2D eigenvalue weighted by atomic mass is 10.1. The number of aryl methyl sites for hydroxylation is 1. The Morgan fingerprint density at radius 2 is 2.00 bits per heavy atom. The van der Waals surface area contributed by atoms with Crippen molar-refractivity contribution in [1.29, 1.82) is 0 Å². The zero-order valence-electron chi connectivity index (χ0n) is 13.2. The van der Waals surface area contributed by atoms with E-state index >= 15 is 0 Å². The molecule has 2 heterocycles. The third-order valence-corrected chi connectivity index (χ3v) is 4.22. The lowest BCUT2D eigenvalue weighted by molar-refractivity contribution is -0.115. The van der Waals surface area contributed by atoms with Crippen molar-refractivity contribution in [3.05, 3.63) is 54.0 Å². The Balaban J connectivity index is 1.40. The smallest absolute Gasteiger partial charge is 0.226 e. The highest BCUT2D eigenvalue weighted by atomic mass is 32.2. The largest absolute Gasteiger partial charge is 0.360 e. The normalized spacial score (nSPS) is 10.7. The second-order valence-corrected chi connectivity index (χ2v) is 6.32. The number of amides is 1. The van der Waals surface area contributed by atoms with Crippen molar-refractivity contribution < 1.29 is 13.8 Å². The molecule has 0 radical (unpaired) electrons. The zero-order valence-corrected chi connectivity index (χ0v) is 14.0. The van der Waals surface area contributed by atoms with Gasteiger partial charge in [-0.1, -0.05) is 40.6 Å². The summed E-state index contributed by atoms with van der Waals surface area (Å²) in [4.78, 5) is 11.8. The molecule has 1 amide bonds. The quantitative estimate of drug-likeness (QED) is 0.655. The van der Waals surface area contributed by atoms with Gasteiger partial charge < -0.3 is 14.4 Å². The van der Waals surface area contributed by atoms with Crippen LogP contribution in [0, 0.1) is 6.92 Å². The number of nitrogens with one attached hydrogen (secondary N) is 1. The molecule has 1 N–H and O–H groups in total. The molecular formula is C17H17N3O3S. The predicted octanol–water partition coefficient (Wildman–Crippen LogP) is 3.90. The third kappa shape index (κ3) is 4.48. The summed E-state index contributed by atoms with van der Waals surface area (Å²) >= 11 is 1.62. The summed E-state index contributed by atoms with van der Waals surface area (Å²) in [5.41, 5.74) is 1.85. The molecule has 0 fully saturated rings. The maximum atomic E-state index is 11.8. The maximum absolute atomic E-state index is 11.8. The first-order valence-electron chi connectivity index (χ1n) is 7.52. The molecule has 7 heteroatoms. The summed E-state index contributed by atoms with van der Waals surface area (Å²) < 4.78 is 10.2. The second kappa shape index (κ2) is 7.83. The number of thioether (sulfide) groups is 1. The predicted molar refractivity (Wildman–Crippen MR) is 92.6 cm³/mol. The van der Waals surface area contributed by atoms with E-state index in [-0.39, 0.29) is 5.91 Å². The molecule has 0 saturated heterocycles. The van der Waals surface area contributed by atoms with Crippen molar-refractivity contribution in [2.24, 2.45) is 0 Å². The lowest BCUT2D eigenvalue weighted by Gasteiger charge is -2.00. The van der Waals surface area contributed by atoms with E-state index in [0.29, 0.717) is 29.5 Å². The van der Waals surface area contributed by atoms with Gasteiger partial charge in [-0.2, -0.15) is 11.8 Å². The molecule has 0 unspecified atom stereocenters. The van der Waals surface area contributed by atoms with Crippen LogP contribution in [-0.4, -0.2) is 22.0 Å². The van der Waals surface area contributed by atoms with Crippen molar-refractivity contribution in [2.45, 2.75) is 19.1 Å². The number of hydrogen-bond acceptors (Lipinski definition) is 6. The van der Waals surface area contributed by atoms with Gasteiger partial charge in [0.05, 0.1) is 5.75 Å². The average Bonchev–Trinajstić information content (AvgIpc) is 3.22. The number of anilines is 1. The molecule has 0 saturated carbocycles. The number of nitrogens with zero attached hydrogens (tertiary/aromatic N) is 2. The Morgan fingerprint density at radius 1 is 1.17 bits per heavy atom. The molecule has 2 aromatic heterocycles. The monoisotopic (exact) mass is 343 g/mol. The summed E-state index contributed by atoms with van der Waals surface area (Å²) in [6.45, 7) is 1.78. The first kappa shape index (κ1) is 16.3. The van der Waals surface area contributed by atoms with E-state index in [1.165, 1.54) is 0 Å². The van der Waals surface area contributed by atoms with E-state index in [1.54, 1.807) is 24.8 Å². The molecular weight excluding hydrogens is 326 g/mol. The number of hydrogen-bond donors (Lipinski definition) is 1. The van der Waals surface area contributed by atoms with Crippen LogP contribution >= 0.6 is 11.8 Å². The van der Waals surface area contributed by atoms with Gasteiger partial charge in [-0.05, 0) is 6.92 Å². The van der Waals surface area contributed by atoms with Gasteiger partial charge in [-0.15, -0.1) is 0 Å². The maximum Gasteiger partial charge on any atom is 0.226 e. The Kier molecular flexibility index (Phi) is 5.32. The minimum absolute atomic E-state index is 0.0849. The number of carbonyl (C=O) groups excluding carboxylic acids is 1. The molecule has 24 heavy (non-hydrogen) atoms. The van der Waals surface area contributed by atoms with Crippen LogP contribution in [-0.2, 0) is 10.5 Å². The van der Waals surface area contributed by atoms with Gasteiger partial charge >= 0.3 is 0 Å². The van der Waals surface area contributed by atoms with Crippen LogP contribution in [0.5, 0.6) is 0 Å². The third-order valence-electron chi connectivity index (χ3n) is 3.24. The van der Waals surface area contributed by atoms with Crippen molar-refractivity contribution in [3.63, 3.8) is 0 Å². The van der Waals surface area contributed by atoms with Gasteiger partial charge in [0.25, 0.3) is 0 Å². The number of carbonyl (C=O) groups is 1. The van der Waals surface area contributed by atoms with Crippen LogP contribution < -0.4 is 5.32 Å². The minimum atomic E-state index is -0.0849. The Labute approximate surface area is 143 Å². The van der Waals surface area contributed by atoms with E-state index in [4.69, 9.17) is 9.05 Å². The molecule has 124 valence electrons. The first-order valence-corrected chi connectivity index (χ1v) is 8.68. The van der Waals surface area contributed by atoms with E-state index < -0.39 is 0 Å². The molecule has 0 atom stereocenters. The molecule has 0 spiro atoms. The van der Waals surface area contributed by atoms with Crippen molar-refractivity contribution in [3.8, 4) is 11.3 Å². The second-order valence-electron chi connectivity index (χ2n) is 5.22. The van der Waals surface area contributed by atoms with Gasteiger partial charge in [0.15, 0.2) is 5.82 Å². The highest BCUT2D eigenvalue weighted by molar-refractivity contribution is 7.98. The molecule has 3 aromatic rings. The molecule has 1 aromatic carbocycles. The molecule has 0 aliphatic rings. The van der Waals surface area contributed by atoms with Crippen molar-refractivity contribution >= 4 is 23.5 Å². The van der Waals surface area contributed by atoms with Crippen LogP contribution in [0.3, 0.4) is 0 Å². The van der Waals surface area contributed by atoms with Gasteiger partial charge in [0, 0.05) is 29.9 Å². The van der Waals surface area contributed by atoms with E-state index in [9.17, 15) is 4.79 Å². The summed E-state index contributed by atoms with van der Waals surface area (Å²) in [7, 11) is 0. The highest BCUT2D eigenvalue weighted by Gasteiger charge is 2.08. The Hall–Kier alpha value is -2.54. The van der Waals surface area contributed by atoms with Gasteiger partial charge in [-0.25, -0.2) is 0 Å². The molecule has 6 nitrogen and oxygen atoms in total. The van der Waals surface area contributed by atoms with Crippen LogP contribution in [0.15, 0.2) is 51.5 Å². The Morgan fingerprint density at radius 3 is 2.75 bits per heavy atom. The molecule has 0 aliphatic carbocycles. The van der Waals surface area contributed by atoms with Crippen LogP contribution in [0.2, 0.25) is 0 Å². The van der Waals surface area contributed by atoms with E-state index in [1.807, 2.05) is 36.4 Å². The fraction of sp³-hybridized carbons (Fsp3) is 0.235. The SMILES string of the molecule is Cc1cc(NC(=O)CCSCc2cc(-c3ccccc3)no2)no1. The van der Waals surface area contributed by atoms with Crippen molar-refractivity contribution in [2.75, 3.05) is 11.1 Å². The topological polar surface area (TPSA) is 81.2 Å². The summed E-state index contributed by atoms with van der Waals surface area (Å²) in [6, 6.07) is 13.5. The van der Waals surface area contributed by atoms with Crippen LogP contribution in [0.25, 0.3) is 11.3 Å². The number of aromatic nitrogens is 2. The molecule has 3 rings (SSSR count). The number of benzene rings is 1. The fourth-order valence-corrected chi connectivity index (χ4v) is 2.91. The number of rotatable bonds is 7. The van der Waals surface area contributed by atoms with Gasteiger partial charge in [-0.3, -0.25) is 4.79 Å². The van der Waals surface area contributed by atoms with E-state index in [2.05, 4.69) is 15.6 Å². The summed E-state index contributed by atoms with van der Waals surface area (Å²) in [6.07, 6.45) is 0.399. The van der Waals surface area contributed by atoms with E-state index in [0.717, 1.165) is 17.0 Å². The first-order chi connectivity index (χ1) is 11.7. The lowest BCUT2D eigenvalue weighted by Crippen LogP contribution is -2.12. The highest BCUT2D eigenvalue weighted by Crippen LogP contribution is 2.21. The average molecular weight is 343 g/mol. The van der Waals surface area contributed by atoms with Crippen LogP contribution in [0.1, 0.15) is 17.9 Å². The van der Waals surface area contributed by atoms with Crippen LogP contribution in [0.4, 0.5) is 5.82 Å². The minimum Gasteiger partial charge on any atom is -0.360 e. The molecule has 0 bridgehead atoms. The standard InChI is InChI=1S/C17H17N3O3S/c1-12-9-16(20-22-12)18-17(21)7-8-24-11-14-10-15(19-23-14)13-5-3-2-4-6-13/h2-6,9-10H,7-8,11H2,1H3,(H,18,20,21). The molecule has 0 aliphatic heterocycles. The van der Waals surface area contributed by atoms with Gasteiger partial charge in [0.2, 0.25) is 5.91 Å². The summed E-state index contributed by atoms with van der Waals surface area (Å²) in [5.74, 6) is 3.19.